The largest absolute Gasteiger partial charge is 0.481 e. The molecular weight excluding hydrogens is 286 g/mol. The Morgan fingerprint density at radius 1 is 1.43 bits per heavy atom. The van der Waals surface area contributed by atoms with Gasteiger partial charge in [-0.3, -0.25) is 9.69 Å². The molecule has 0 amide bonds. The highest BCUT2D eigenvalue weighted by Gasteiger charge is 2.37. The van der Waals surface area contributed by atoms with Crippen LogP contribution in [0.3, 0.4) is 0 Å². The summed E-state index contributed by atoms with van der Waals surface area (Å²) in [4.78, 5) is 16.2. The van der Waals surface area contributed by atoms with Gasteiger partial charge < -0.3 is 9.84 Å². The first-order valence-electron chi connectivity index (χ1n) is 7.46. The van der Waals surface area contributed by atoms with Crippen LogP contribution in [0.4, 0.5) is 0 Å². The number of carbonyl (C=O) groups is 1. The number of carboxylic acid groups (broad SMARTS) is 1. The molecule has 1 aromatic rings. The van der Waals surface area contributed by atoms with Crippen molar-refractivity contribution in [3.05, 3.63) is 21.9 Å². The SMILES string of the molecule is CCN(Cc1ccc(C(C)(C)C)s1)C1COCC1C(=O)O. The van der Waals surface area contributed by atoms with E-state index in [1.807, 2.05) is 11.3 Å². The summed E-state index contributed by atoms with van der Waals surface area (Å²) in [5.74, 6) is -1.16. The number of ether oxygens (including phenoxy) is 1. The molecule has 1 N–H and O–H groups in total. The van der Waals surface area contributed by atoms with Gasteiger partial charge in [-0.15, -0.1) is 11.3 Å². The Morgan fingerprint density at radius 2 is 2.14 bits per heavy atom. The lowest BCUT2D eigenvalue weighted by molar-refractivity contribution is -0.143. The second-order valence-corrected chi connectivity index (χ2v) is 7.80. The molecule has 1 fully saturated rings. The Kier molecular flexibility index (Phi) is 5.07. The van der Waals surface area contributed by atoms with Crippen molar-refractivity contribution in [1.82, 2.24) is 4.90 Å². The van der Waals surface area contributed by atoms with Gasteiger partial charge in [0.15, 0.2) is 0 Å². The molecule has 5 heteroatoms. The highest BCUT2D eigenvalue weighted by molar-refractivity contribution is 7.12. The fourth-order valence-electron chi connectivity index (χ4n) is 2.67. The predicted molar refractivity (Wildman–Crippen MR) is 84.8 cm³/mol. The fraction of sp³-hybridized carbons (Fsp3) is 0.688. The Hall–Kier alpha value is -0.910. The smallest absolute Gasteiger partial charge is 0.310 e. The molecule has 2 heterocycles. The zero-order valence-corrected chi connectivity index (χ0v) is 14.1. The second-order valence-electron chi connectivity index (χ2n) is 6.63. The van der Waals surface area contributed by atoms with Crippen molar-refractivity contribution in [2.75, 3.05) is 19.8 Å². The molecule has 0 aliphatic carbocycles. The van der Waals surface area contributed by atoms with E-state index in [0.29, 0.717) is 13.2 Å². The molecule has 2 atom stereocenters. The standard InChI is InChI=1S/C16H25NO3S/c1-5-17(13-10-20-9-12(13)15(18)19)8-11-6-7-14(21-11)16(2,3)4/h6-7,12-13H,5,8-10H2,1-4H3,(H,18,19). The van der Waals surface area contributed by atoms with E-state index in [2.05, 4.69) is 44.7 Å². The van der Waals surface area contributed by atoms with E-state index in [1.54, 1.807) is 0 Å². The van der Waals surface area contributed by atoms with E-state index in [0.717, 1.165) is 13.1 Å². The van der Waals surface area contributed by atoms with Crippen LogP contribution in [0.15, 0.2) is 12.1 Å². The van der Waals surface area contributed by atoms with E-state index in [1.165, 1.54) is 9.75 Å². The third-order valence-corrected chi connectivity index (χ3v) is 5.50. The molecule has 0 aromatic carbocycles. The van der Waals surface area contributed by atoms with Crippen molar-refractivity contribution in [3.63, 3.8) is 0 Å². The normalized spacial score (nSPS) is 22.9. The summed E-state index contributed by atoms with van der Waals surface area (Å²) < 4.78 is 5.39. The first kappa shape index (κ1) is 16.5. The lowest BCUT2D eigenvalue weighted by atomic mass is 9.95. The number of aliphatic carboxylic acids is 1. The van der Waals surface area contributed by atoms with Crippen LogP contribution < -0.4 is 0 Å². The zero-order valence-electron chi connectivity index (χ0n) is 13.3. The molecule has 0 spiro atoms. The molecule has 1 aromatic heterocycles. The van der Waals surface area contributed by atoms with Crippen molar-refractivity contribution in [1.29, 1.82) is 0 Å². The molecule has 0 saturated carbocycles. The van der Waals surface area contributed by atoms with Gasteiger partial charge in [-0.05, 0) is 24.1 Å². The first-order valence-corrected chi connectivity index (χ1v) is 8.28. The highest BCUT2D eigenvalue weighted by atomic mass is 32.1. The summed E-state index contributed by atoms with van der Waals surface area (Å²) in [7, 11) is 0. The lowest BCUT2D eigenvalue weighted by Gasteiger charge is -2.28. The lowest BCUT2D eigenvalue weighted by Crippen LogP contribution is -2.42. The molecule has 4 nitrogen and oxygen atoms in total. The summed E-state index contributed by atoms with van der Waals surface area (Å²) in [5, 5.41) is 9.30. The predicted octanol–water partition coefficient (Wildman–Crippen LogP) is 2.97. The van der Waals surface area contributed by atoms with E-state index < -0.39 is 11.9 Å². The molecule has 2 rings (SSSR count). The van der Waals surface area contributed by atoms with Crippen LogP contribution in [-0.4, -0.2) is 41.8 Å². The van der Waals surface area contributed by atoms with E-state index in [4.69, 9.17) is 4.74 Å². The molecule has 0 radical (unpaired) electrons. The topological polar surface area (TPSA) is 49.8 Å². The summed E-state index contributed by atoms with van der Waals surface area (Å²) in [6.45, 7) is 11.2. The van der Waals surface area contributed by atoms with Crippen LogP contribution in [0.2, 0.25) is 0 Å². The van der Waals surface area contributed by atoms with E-state index >= 15 is 0 Å². The van der Waals surface area contributed by atoms with Crippen LogP contribution in [-0.2, 0) is 21.5 Å². The number of nitrogens with zero attached hydrogens (tertiary/aromatic N) is 1. The van der Waals surface area contributed by atoms with Crippen molar-refractivity contribution < 1.29 is 14.6 Å². The maximum absolute atomic E-state index is 11.3. The Bertz CT molecular complexity index is 492. The van der Waals surface area contributed by atoms with Gasteiger partial charge in [-0.2, -0.15) is 0 Å². The van der Waals surface area contributed by atoms with Gasteiger partial charge in [0.05, 0.1) is 19.1 Å². The maximum Gasteiger partial charge on any atom is 0.310 e. The fourth-order valence-corrected chi connectivity index (χ4v) is 3.76. The molecule has 1 saturated heterocycles. The van der Waals surface area contributed by atoms with Crippen molar-refractivity contribution >= 4 is 17.3 Å². The van der Waals surface area contributed by atoms with Gasteiger partial charge >= 0.3 is 5.97 Å². The number of rotatable bonds is 5. The zero-order chi connectivity index (χ0) is 15.6. The second kappa shape index (κ2) is 6.46. The van der Waals surface area contributed by atoms with Gasteiger partial charge in [0.1, 0.15) is 0 Å². The minimum absolute atomic E-state index is 0.0207. The molecule has 2 unspecified atom stereocenters. The number of thiophene rings is 1. The van der Waals surface area contributed by atoms with Crippen LogP contribution in [0.25, 0.3) is 0 Å². The van der Waals surface area contributed by atoms with Crippen LogP contribution >= 0.6 is 11.3 Å². The van der Waals surface area contributed by atoms with Crippen LogP contribution in [0, 0.1) is 5.92 Å². The first-order chi connectivity index (χ1) is 9.82. The minimum atomic E-state index is -0.752. The van der Waals surface area contributed by atoms with E-state index in [9.17, 15) is 9.90 Å². The van der Waals surface area contributed by atoms with Gasteiger partial charge in [-0.25, -0.2) is 0 Å². The number of carboxylic acids is 1. The summed E-state index contributed by atoms with van der Waals surface area (Å²) in [6, 6.07) is 4.33. The number of likely N-dealkylation sites (N-methyl/N-ethyl adjacent to an activating group) is 1. The van der Waals surface area contributed by atoms with Crippen molar-refractivity contribution in [3.8, 4) is 0 Å². The van der Waals surface area contributed by atoms with Gasteiger partial charge in [0.25, 0.3) is 0 Å². The molecule has 1 aliphatic rings. The third-order valence-electron chi connectivity index (χ3n) is 4.00. The third kappa shape index (κ3) is 3.84. The monoisotopic (exact) mass is 311 g/mol. The quantitative estimate of drug-likeness (QED) is 0.908. The Balaban J connectivity index is 2.09. The summed E-state index contributed by atoms with van der Waals surface area (Å²) in [5.41, 5.74) is 0.167. The number of hydrogen-bond donors (Lipinski definition) is 1. The summed E-state index contributed by atoms with van der Waals surface area (Å²) >= 11 is 1.82. The molecule has 21 heavy (non-hydrogen) atoms. The highest BCUT2D eigenvalue weighted by Crippen LogP contribution is 2.31. The van der Waals surface area contributed by atoms with Gasteiger partial charge in [0.2, 0.25) is 0 Å². The molecular formula is C16H25NO3S. The van der Waals surface area contributed by atoms with Gasteiger partial charge in [0, 0.05) is 22.3 Å². The average Bonchev–Trinajstić information content (AvgIpc) is 3.03. The Morgan fingerprint density at radius 3 is 2.67 bits per heavy atom. The van der Waals surface area contributed by atoms with Crippen molar-refractivity contribution in [2.45, 2.75) is 45.7 Å². The van der Waals surface area contributed by atoms with E-state index in [-0.39, 0.29) is 11.5 Å². The molecule has 118 valence electrons. The van der Waals surface area contributed by atoms with Crippen LogP contribution in [0.5, 0.6) is 0 Å². The minimum Gasteiger partial charge on any atom is -0.481 e. The number of hydrogen-bond acceptors (Lipinski definition) is 4. The molecule has 0 bridgehead atoms. The van der Waals surface area contributed by atoms with Gasteiger partial charge in [-0.1, -0.05) is 27.7 Å². The van der Waals surface area contributed by atoms with Crippen molar-refractivity contribution in [2.24, 2.45) is 5.92 Å². The summed E-state index contributed by atoms with van der Waals surface area (Å²) in [6.07, 6.45) is 0. The molecule has 1 aliphatic heterocycles. The average molecular weight is 311 g/mol. The maximum atomic E-state index is 11.3. The Labute approximate surface area is 130 Å². The van der Waals surface area contributed by atoms with Crippen LogP contribution in [0.1, 0.15) is 37.4 Å².